The molecule has 0 aliphatic rings. The molecule has 0 fully saturated rings. The Balaban J connectivity index is 2.11. The second-order valence-electron chi connectivity index (χ2n) is 5.02. The summed E-state index contributed by atoms with van der Waals surface area (Å²) >= 11 is 0. The molecule has 96 valence electrons. The molecule has 0 aliphatic carbocycles. The van der Waals surface area contributed by atoms with Crippen molar-refractivity contribution in [1.29, 1.82) is 0 Å². The van der Waals surface area contributed by atoms with E-state index < -0.39 is 0 Å². The summed E-state index contributed by atoms with van der Waals surface area (Å²) in [5, 5.41) is 2.53. The fourth-order valence-corrected chi connectivity index (χ4v) is 2.81. The lowest BCUT2D eigenvalue weighted by atomic mass is 9.99. The summed E-state index contributed by atoms with van der Waals surface area (Å²) < 4.78 is 0. The first-order chi connectivity index (χ1) is 9.83. The largest absolute Gasteiger partial charge is 0.399 e. The van der Waals surface area contributed by atoms with Crippen LogP contribution in [0.1, 0.15) is 0 Å². The standard InChI is InChI=1S/C18H14N2/c19-13-10-8-12(9-11-13)14-5-3-7-17-18(14)15-4-1-2-6-16(15)20-17/h1-11,20H,19H2. The maximum absolute atomic E-state index is 5.78. The van der Waals surface area contributed by atoms with Gasteiger partial charge in [-0.2, -0.15) is 0 Å². The van der Waals surface area contributed by atoms with Crippen molar-refractivity contribution in [3.8, 4) is 11.1 Å². The van der Waals surface area contributed by atoms with Crippen LogP contribution in [0.3, 0.4) is 0 Å². The molecule has 3 aromatic carbocycles. The predicted octanol–water partition coefficient (Wildman–Crippen LogP) is 4.57. The summed E-state index contributed by atoms with van der Waals surface area (Å²) in [6.07, 6.45) is 0. The number of nitrogen functional groups attached to an aromatic ring is 1. The number of benzene rings is 3. The highest BCUT2D eigenvalue weighted by Gasteiger charge is 2.09. The fraction of sp³-hybridized carbons (Fsp3) is 0. The number of aromatic amines is 1. The molecule has 1 aromatic heterocycles. The van der Waals surface area contributed by atoms with Gasteiger partial charge in [-0.25, -0.2) is 0 Å². The molecule has 2 heteroatoms. The summed E-state index contributed by atoms with van der Waals surface area (Å²) in [6.45, 7) is 0. The molecule has 0 amide bonds. The Morgan fingerprint density at radius 1 is 0.700 bits per heavy atom. The third-order valence-electron chi connectivity index (χ3n) is 3.75. The molecule has 0 radical (unpaired) electrons. The maximum Gasteiger partial charge on any atom is 0.0471 e. The molecule has 4 aromatic rings. The van der Waals surface area contributed by atoms with Crippen LogP contribution in [0.4, 0.5) is 5.69 Å². The van der Waals surface area contributed by atoms with Crippen molar-refractivity contribution >= 4 is 27.5 Å². The Hall–Kier alpha value is -2.74. The van der Waals surface area contributed by atoms with Crippen LogP contribution in [0.25, 0.3) is 32.9 Å². The minimum Gasteiger partial charge on any atom is -0.399 e. The van der Waals surface area contributed by atoms with Gasteiger partial charge in [0.2, 0.25) is 0 Å². The first-order valence-electron chi connectivity index (χ1n) is 6.68. The topological polar surface area (TPSA) is 41.8 Å². The van der Waals surface area contributed by atoms with Gasteiger partial charge in [-0.15, -0.1) is 0 Å². The van der Waals surface area contributed by atoms with Gasteiger partial charge in [-0.1, -0.05) is 42.5 Å². The van der Waals surface area contributed by atoms with Gasteiger partial charge in [0, 0.05) is 27.5 Å². The predicted molar refractivity (Wildman–Crippen MR) is 85.7 cm³/mol. The van der Waals surface area contributed by atoms with Crippen LogP contribution in [0.15, 0.2) is 66.7 Å². The first kappa shape index (κ1) is 11.1. The van der Waals surface area contributed by atoms with E-state index in [4.69, 9.17) is 5.73 Å². The number of para-hydroxylation sites is 1. The Labute approximate surface area is 116 Å². The van der Waals surface area contributed by atoms with E-state index in [2.05, 4.69) is 59.6 Å². The summed E-state index contributed by atoms with van der Waals surface area (Å²) in [7, 11) is 0. The van der Waals surface area contributed by atoms with Crippen LogP contribution in [-0.2, 0) is 0 Å². The van der Waals surface area contributed by atoms with Crippen LogP contribution >= 0.6 is 0 Å². The normalized spacial score (nSPS) is 11.2. The molecule has 0 atom stereocenters. The van der Waals surface area contributed by atoms with Crippen molar-refractivity contribution in [1.82, 2.24) is 4.98 Å². The van der Waals surface area contributed by atoms with Gasteiger partial charge in [0.05, 0.1) is 0 Å². The number of nitrogens with one attached hydrogen (secondary N) is 1. The molecule has 0 spiro atoms. The van der Waals surface area contributed by atoms with Crippen LogP contribution in [-0.4, -0.2) is 4.98 Å². The molecule has 1 heterocycles. The number of aromatic nitrogens is 1. The highest BCUT2D eigenvalue weighted by Crippen LogP contribution is 2.34. The third kappa shape index (κ3) is 1.58. The summed E-state index contributed by atoms with van der Waals surface area (Å²) in [6, 6.07) is 22.8. The summed E-state index contributed by atoms with van der Waals surface area (Å²) in [4.78, 5) is 3.47. The zero-order valence-corrected chi connectivity index (χ0v) is 10.9. The minimum absolute atomic E-state index is 0.792. The Kier molecular flexibility index (Phi) is 2.30. The second-order valence-corrected chi connectivity index (χ2v) is 5.02. The van der Waals surface area contributed by atoms with Crippen molar-refractivity contribution < 1.29 is 0 Å². The lowest BCUT2D eigenvalue weighted by molar-refractivity contribution is 1.54. The number of H-pyrrole nitrogens is 1. The smallest absolute Gasteiger partial charge is 0.0471 e. The molecule has 0 unspecified atom stereocenters. The van der Waals surface area contributed by atoms with Gasteiger partial charge in [-0.05, 0) is 35.4 Å². The van der Waals surface area contributed by atoms with Crippen molar-refractivity contribution in [2.24, 2.45) is 0 Å². The highest BCUT2D eigenvalue weighted by molar-refractivity contribution is 6.14. The minimum atomic E-state index is 0.792. The van der Waals surface area contributed by atoms with Crippen molar-refractivity contribution in [2.75, 3.05) is 5.73 Å². The molecule has 20 heavy (non-hydrogen) atoms. The average Bonchev–Trinajstić information content (AvgIpc) is 2.86. The van der Waals surface area contributed by atoms with E-state index in [-0.39, 0.29) is 0 Å². The monoisotopic (exact) mass is 258 g/mol. The first-order valence-corrected chi connectivity index (χ1v) is 6.68. The van der Waals surface area contributed by atoms with Crippen LogP contribution in [0.5, 0.6) is 0 Å². The van der Waals surface area contributed by atoms with Crippen molar-refractivity contribution in [3.63, 3.8) is 0 Å². The Morgan fingerprint density at radius 3 is 2.30 bits per heavy atom. The van der Waals surface area contributed by atoms with Gasteiger partial charge >= 0.3 is 0 Å². The molecular formula is C18H14N2. The number of rotatable bonds is 1. The van der Waals surface area contributed by atoms with Crippen LogP contribution in [0, 0.1) is 0 Å². The molecule has 0 aliphatic heterocycles. The zero-order valence-electron chi connectivity index (χ0n) is 10.9. The lowest BCUT2D eigenvalue weighted by Gasteiger charge is -2.05. The molecule has 0 saturated heterocycles. The SMILES string of the molecule is Nc1ccc(-c2cccc3[nH]c4ccccc4c23)cc1. The number of hydrogen-bond donors (Lipinski definition) is 2. The molecular weight excluding hydrogens is 244 g/mol. The van der Waals surface area contributed by atoms with E-state index in [9.17, 15) is 0 Å². The van der Waals surface area contributed by atoms with Crippen LogP contribution < -0.4 is 5.73 Å². The van der Waals surface area contributed by atoms with Gasteiger partial charge in [-0.3, -0.25) is 0 Å². The van der Waals surface area contributed by atoms with E-state index in [0.717, 1.165) is 5.69 Å². The molecule has 3 N–H and O–H groups in total. The average molecular weight is 258 g/mol. The van der Waals surface area contributed by atoms with E-state index in [1.807, 2.05) is 12.1 Å². The molecule has 0 saturated carbocycles. The highest BCUT2D eigenvalue weighted by atomic mass is 14.7. The number of hydrogen-bond acceptors (Lipinski definition) is 1. The molecule has 4 rings (SSSR count). The van der Waals surface area contributed by atoms with Gasteiger partial charge in [0.15, 0.2) is 0 Å². The molecule has 2 nitrogen and oxygen atoms in total. The maximum atomic E-state index is 5.78. The quantitative estimate of drug-likeness (QED) is 0.482. The Bertz CT molecular complexity index is 902. The van der Waals surface area contributed by atoms with E-state index in [1.165, 1.54) is 32.9 Å². The zero-order chi connectivity index (χ0) is 13.5. The summed E-state index contributed by atoms with van der Waals surface area (Å²) in [5.74, 6) is 0. The molecule has 0 bridgehead atoms. The number of nitrogens with two attached hydrogens (primary N) is 1. The van der Waals surface area contributed by atoms with E-state index in [1.54, 1.807) is 0 Å². The van der Waals surface area contributed by atoms with Crippen molar-refractivity contribution in [2.45, 2.75) is 0 Å². The lowest BCUT2D eigenvalue weighted by Crippen LogP contribution is -1.84. The fourth-order valence-electron chi connectivity index (χ4n) is 2.81. The number of fused-ring (bicyclic) bond motifs is 3. The Morgan fingerprint density at radius 2 is 1.45 bits per heavy atom. The van der Waals surface area contributed by atoms with Gasteiger partial charge in [0.25, 0.3) is 0 Å². The van der Waals surface area contributed by atoms with E-state index >= 15 is 0 Å². The van der Waals surface area contributed by atoms with Crippen molar-refractivity contribution in [3.05, 3.63) is 66.7 Å². The van der Waals surface area contributed by atoms with E-state index in [0.29, 0.717) is 0 Å². The third-order valence-corrected chi connectivity index (χ3v) is 3.75. The summed E-state index contributed by atoms with van der Waals surface area (Å²) in [5.41, 5.74) is 11.3. The van der Waals surface area contributed by atoms with Gasteiger partial charge < -0.3 is 10.7 Å². The van der Waals surface area contributed by atoms with Crippen LogP contribution in [0.2, 0.25) is 0 Å². The number of anilines is 1. The van der Waals surface area contributed by atoms with Gasteiger partial charge in [0.1, 0.15) is 0 Å². The second kappa shape index (κ2) is 4.14.